The lowest BCUT2D eigenvalue weighted by molar-refractivity contribution is -0.0346. The molecule has 1 aromatic heterocycles. The molecule has 2 atom stereocenters. The molecule has 6 nitrogen and oxygen atoms in total. The van der Waals surface area contributed by atoms with Crippen LogP contribution in [0.4, 0.5) is 4.39 Å². The molecule has 0 radical (unpaired) electrons. The predicted molar refractivity (Wildman–Crippen MR) is 118 cm³/mol. The molecule has 2 unspecified atom stereocenters. The Morgan fingerprint density at radius 1 is 1.42 bits per heavy atom. The van der Waals surface area contributed by atoms with E-state index in [4.69, 9.17) is 16.3 Å². The van der Waals surface area contributed by atoms with Gasteiger partial charge in [0.2, 0.25) is 0 Å². The number of aromatic nitrogens is 1. The van der Waals surface area contributed by atoms with Crippen LogP contribution in [0, 0.1) is 12.7 Å². The molecule has 0 bridgehead atoms. The van der Waals surface area contributed by atoms with Crippen molar-refractivity contribution in [1.29, 1.82) is 0 Å². The number of ether oxygens (including phenoxy) is 1. The monoisotopic (exact) mass is 449 g/mol. The maximum atomic E-state index is 14.8. The lowest BCUT2D eigenvalue weighted by Gasteiger charge is -2.38. The number of carbonyl (C=O) groups excluding carboxylic acids is 2. The van der Waals surface area contributed by atoms with E-state index in [1.807, 2.05) is 13.8 Å². The Morgan fingerprint density at radius 3 is 2.77 bits per heavy atom. The molecule has 3 rings (SSSR count). The van der Waals surface area contributed by atoms with Gasteiger partial charge in [-0.2, -0.15) is 0 Å². The summed E-state index contributed by atoms with van der Waals surface area (Å²) in [5.41, 5.74) is 2.66. The lowest BCUT2D eigenvalue weighted by atomic mass is 10.0. The minimum absolute atomic E-state index is 0.00613. The minimum atomic E-state index is -0.447. The molecule has 0 aliphatic carbocycles. The van der Waals surface area contributed by atoms with Crippen LogP contribution in [0.2, 0.25) is 5.02 Å². The third kappa shape index (κ3) is 5.00. The number of aromatic amines is 1. The van der Waals surface area contributed by atoms with Crippen LogP contribution < -0.4 is 5.32 Å². The number of H-pyrrole nitrogens is 1. The van der Waals surface area contributed by atoms with E-state index in [1.54, 1.807) is 19.1 Å². The summed E-state index contributed by atoms with van der Waals surface area (Å²) in [7, 11) is 0. The summed E-state index contributed by atoms with van der Waals surface area (Å²) in [4.78, 5) is 30.2. The minimum Gasteiger partial charge on any atom is -0.376 e. The van der Waals surface area contributed by atoms with Crippen molar-refractivity contribution in [2.75, 3.05) is 26.2 Å². The summed E-state index contributed by atoms with van der Waals surface area (Å²) in [6.07, 6.45) is 0.541. The van der Waals surface area contributed by atoms with E-state index < -0.39 is 11.9 Å². The van der Waals surface area contributed by atoms with Gasteiger partial charge in [0, 0.05) is 41.5 Å². The highest BCUT2D eigenvalue weighted by Gasteiger charge is 2.30. The molecule has 1 saturated heterocycles. The van der Waals surface area contributed by atoms with Crippen LogP contribution in [0.1, 0.15) is 64.5 Å². The third-order valence-electron chi connectivity index (χ3n) is 5.73. The van der Waals surface area contributed by atoms with E-state index in [2.05, 4.69) is 15.2 Å². The van der Waals surface area contributed by atoms with Crippen LogP contribution >= 0.6 is 11.6 Å². The van der Waals surface area contributed by atoms with Gasteiger partial charge in [-0.25, -0.2) is 4.39 Å². The summed E-state index contributed by atoms with van der Waals surface area (Å²) in [6.45, 7) is 9.04. The van der Waals surface area contributed by atoms with Crippen LogP contribution in [-0.4, -0.2) is 53.9 Å². The summed E-state index contributed by atoms with van der Waals surface area (Å²) in [6, 6.07) is 4.15. The predicted octanol–water partition coefficient (Wildman–Crippen LogP) is 4.07. The number of benzene rings is 1. The van der Waals surface area contributed by atoms with E-state index in [0.717, 1.165) is 0 Å². The molecule has 1 aromatic carbocycles. The highest BCUT2D eigenvalue weighted by Crippen LogP contribution is 2.31. The summed E-state index contributed by atoms with van der Waals surface area (Å²) < 4.78 is 20.4. The van der Waals surface area contributed by atoms with Crippen molar-refractivity contribution in [2.45, 2.75) is 46.3 Å². The van der Waals surface area contributed by atoms with Crippen molar-refractivity contribution >= 4 is 23.3 Å². The van der Waals surface area contributed by atoms with Gasteiger partial charge < -0.3 is 15.0 Å². The number of morpholine rings is 1. The Balaban J connectivity index is 1.88. The molecule has 2 aromatic rings. The normalized spacial score (nSPS) is 18.1. The number of amides is 1. The fraction of sp³-hybridized carbons (Fsp3) is 0.478. The van der Waals surface area contributed by atoms with Crippen molar-refractivity contribution in [1.82, 2.24) is 15.2 Å². The molecule has 168 valence electrons. The Labute approximate surface area is 187 Å². The number of carbonyl (C=O) groups is 2. The average Bonchev–Trinajstić information content (AvgIpc) is 3.06. The highest BCUT2D eigenvalue weighted by atomic mass is 35.5. The summed E-state index contributed by atoms with van der Waals surface area (Å²) >= 11 is 6.36. The van der Waals surface area contributed by atoms with Gasteiger partial charge in [-0.15, -0.1) is 0 Å². The van der Waals surface area contributed by atoms with E-state index in [9.17, 15) is 14.0 Å². The van der Waals surface area contributed by atoms with Crippen LogP contribution in [-0.2, 0) is 11.2 Å². The summed E-state index contributed by atoms with van der Waals surface area (Å²) in [5.74, 6) is -0.816. The Kier molecular flexibility index (Phi) is 7.51. The van der Waals surface area contributed by atoms with E-state index in [1.165, 1.54) is 13.0 Å². The molecule has 0 spiro atoms. The zero-order valence-electron chi connectivity index (χ0n) is 18.4. The first-order valence-electron chi connectivity index (χ1n) is 10.5. The van der Waals surface area contributed by atoms with Crippen LogP contribution in [0.3, 0.4) is 0 Å². The topological polar surface area (TPSA) is 74.4 Å². The first-order valence-corrected chi connectivity index (χ1v) is 10.9. The van der Waals surface area contributed by atoms with Gasteiger partial charge in [-0.1, -0.05) is 24.6 Å². The number of hydrogen-bond acceptors (Lipinski definition) is 4. The number of hydrogen-bond donors (Lipinski definition) is 2. The van der Waals surface area contributed by atoms with Crippen LogP contribution in [0.25, 0.3) is 0 Å². The van der Waals surface area contributed by atoms with Crippen molar-refractivity contribution in [3.05, 3.63) is 57.1 Å². The van der Waals surface area contributed by atoms with Crippen molar-refractivity contribution in [2.24, 2.45) is 0 Å². The second-order valence-electron chi connectivity index (χ2n) is 7.93. The van der Waals surface area contributed by atoms with Crippen molar-refractivity contribution in [3.8, 4) is 0 Å². The first-order chi connectivity index (χ1) is 14.7. The maximum absolute atomic E-state index is 14.8. The second-order valence-corrected chi connectivity index (χ2v) is 8.33. The van der Waals surface area contributed by atoms with Crippen LogP contribution in [0.15, 0.2) is 18.2 Å². The number of aryl methyl sites for hydroxylation is 1. The molecular weight excluding hydrogens is 421 g/mol. The standard InChI is InChI=1S/C23H29ClFN3O3/c1-5-16-20(15(4)29)14(3)27-22(16)23(30)26-11-19(28-9-10-31-13(2)12-28)21-17(24)7-6-8-18(21)25/h6-8,13,19,27H,5,9-12H2,1-4H3,(H,26,30). The molecule has 31 heavy (non-hydrogen) atoms. The average molecular weight is 450 g/mol. The molecule has 2 N–H and O–H groups in total. The Bertz CT molecular complexity index is 955. The molecule has 0 saturated carbocycles. The molecule has 1 amide bonds. The van der Waals surface area contributed by atoms with Crippen molar-refractivity contribution < 1.29 is 18.7 Å². The largest absolute Gasteiger partial charge is 0.376 e. The first kappa shape index (κ1) is 23.4. The summed E-state index contributed by atoms with van der Waals surface area (Å²) in [5, 5.41) is 3.25. The van der Waals surface area contributed by atoms with Gasteiger partial charge in [0.25, 0.3) is 5.91 Å². The van der Waals surface area contributed by atoms with Gasteiger partial charge in [0.1, 0.15) is 11.5 Å². The number of nitrogens with zero attached hydrogens (tertiary/aromatic N) is 1. The Morgan fingerprint density at radius 2 is 2.16 bits per heavy atom. The highest BCUT2D eigenvalue weighted by molar-refractivity contribution is 6.31. The van der Waals surface area contributed by atoms with Gasteiger partial charge in [0.15, 0.2) is 5.78 Å². The fourth-order valence-corrected chi connectivity index (χ4v) is 4.64. The molecule has 1 aliphatic heterocycles. The molecule has 2 heterocycles. The SMILES string of the molecule is CCc1c(C(=O)NCC(c2c(F)cccc2Cl)N2CCOC(C)C2)[nH]c(C)c1C(C)=O. The smallest absolute Gasteiger partial charge is 0.268 e. The van der Waals surface area contributed by atoms with Crippen molar-refractivity contribution in [3.63, 3.8) is 0 Å². The molecular formula is C23H29ClFN3O3. The molecule has 1 fully saturated rings. The maximum Gasteiger partial charge on any atom is 0.268 e. The van der Waals surface area contributed by atoms with Gasteiger partial charge in [-0.3, -0.25) is 14.5 Å². The second kappa shape index (κ2) is 9.94. The lowest BCUT2D eigenvalue weighted by Crippen LogP contribution is -2.47. The number of nitrogens with one attached hydrogen (secondary N) is 2. The molecule has 8 heteroatoms. The third-order valence-corrected chi connectivity index (χ3v) is 6.06. The zero-order valence-corrected chi connectivity index (χ0v) is 19.1. The van der Waals surface area contributed by atoms with Gasteiger partial charge in [-0.05, 0) is 44.9 Å². The van der Waals surface area contributed by atoms with E-state index in [0.29, 0.717) is 59.2 Å². The molecule has 1 aliphatic rings. The van der Waals surface area contributed by atoms with E-state index in [-0.39, 0.29) is 24.3 Å². The van der Waals surface area contributed by atoms with E-state index >= 15 is 0 Å². The Hall–Kier alpha value is -2.22. The number of Topliss-reactive ketones (excluding diaryl/α,β-unsaturated/α-hetero) is 1. The fourth-order valence-electron chi connectivity index (χ4n) is 4.35. The number of halogens is 2. The zero-order chi connectivity index (χ0) is 22.7. The van der Waals surface area contributed by atoms with Crippen LogP contribution in [0.5, 0.6) is 0 Å². The van der Waals surface area contributed by atoms with Gasteiger partial charge in [0.05, 0.1) is 18.8 Å². The quantitative estimate of drug-likeness (QED) is 0.625. The number of rotatable bonds is 7. The number of ketones is 1. The van der Waals surface area contributed by atoms with Gasteiger partial charge >= 0.3 is 0 Å².